The van der Waals surface area contributed by atoms with Crippen LogP contribution >= 0.6 is 0 Å². The molecule has 0 aromatic rings. The molecule has 13 heavy (non-hydrogen) atoms. The van der Waals surface area contributed by atoms with E-state index in [2.05, 4.69) is 11.2 Å². The summed E-state index contributed by atoms with van der Waals surface area (Å²) in [6.07, 6.45) is 1.18. The quantitative estimate of drug-likeness (QED) is 0.430. The second-order valence-electron chi connectivity index (χ2n) is 3.58. The molecule has 0 aliphatic carbocycles. The lowest BCUT2D eigenvalue weighted by Crippen LogP contribution is -2.44. The highest BCUT2D eigenvalue weighted by atomic mass is 16.5. The van der Waals surface area contributed by atoms with E-state index in [4.69, 9.17) is 15.2 Å². The summed E-state index contributed by atoms with van der Waals surface area (Å²) in [5, 5.41) is 26.0. The molecule has 0 bridgehead atoms. The maximum absolute atomic E-state index is 9.10. The fourth-order valence-electron chi connectivity index (χ4n) is 0.0527. The normalized spacial score (nSPS) is 11.0. The van der Waals surface area contributed by atoms with Gasteiger partial charge in [0.15, 0.2) is 0 Å². The Bertz CT molecular complexity index is 122. The third-order valence-electron chi connectivity index (χ3n) is 1.69. The second-order valence-corrected chi connectivity index (χ2v) is 3.58. The monoisotopic (exact) mass is 190 g/mol. The number of aliphatic hydroxyl groups is 2. The van der Waals surface area contributed by atoms with E-state index >= 15 is 0 Å². The van der Waals surface area contributed by atoms with Crippen molar-refractivity contribution < 1.29 is 19.9 Å². The van der Waals surface area contributed by atoms with E-state index in [0.717, 1.165) is 0 Å². The van der Waals surface area contributed by atoms with Crippen LogP contribution in [0, 0.1) is 0 Å². The number of hydrogen-bond donors (Lipinski definition) is 3. The molecule has 3 N–H and O–H groups in total. The Kier molecular flexibility index (Phi) is 6.93. The summed E-state index contributed by atoms with van der Waals surface area (Å²) < 4.78 is 4.15. The van der Waals surface area contributed by atoms with Crippen molar-refractivity contribution in [3.63, 3.8) is 0 Å². The molecule has 0 atom stereocenters. The molecule has 0 fully saturated rings. The van der Waals surface area contributed by atoms with Crippen LogP contribution in [0.1, 0.15) is 27.7 Å². The molecule has 0 aromatic carbocycles. The predicted octanol–water partition coefficient (Wildman–Crippen LogP) is -0.0665. The molecule has 0 saturated heterocycles. The fraction of sp³-hybridized carbons (Fsp3) is 0.750. The van der Waals surface area contributed by atoms with Gasteiger partial charge in [0.05, 0.1) is 17.5 Å². The van der Waals surface area contributed by atoms with Crippen LogP contribution in [0.5, 0.6) is 0 Å². The van der Waals surface area contributed by atoms with Crippen molar-refractivity contribution in [1.82, 2.24) is 0 Å². The summed E-state index contributed by atoms with van der Waals surface area (Å²) in [6.45, 7) is 9.47. The highest BCUT2D eigenvalue weighted by Gasteiger charge is 2.31. The molecular weight excluding hydrogens is 171 g/mol. The first-order chi connectivity index (χ1) is 5.66. The van der Waals surface area contributed by atoms with Crippen molar-refractivity contribution in [1.29, 1.82) is 0 Å². The molecule has 0 aliphatic heterocycles. The van der Waals surface area contributed by atoms with E-state index in [0.29, 0.717) is 0 Å². The molecule has 0 radical (unpaired) electrons. The van der Waals surface area contributed by atoms with Gasteiger partial charge in [0, 0.05) is 0 Å². The average molecular weight is 190 g/mol. The number of rotatable bonds is 3. The average Bonchev–Trinajstić information content (AvgIpc) is 1.85. The lowest BCUT2D eigenvalue weighted by molar-refractivity contribution is -0.107. The Balaban J connectivity index is 0. The SMILES string of the molecule is C=COBO.CC(C)(O)C(C)(C)O. The molecule has 0 aliphatic rings. The largest absolute Gasteiger partial charge is 0.545 e. The van der Waals surface area contributed by atoms with Crippen LogP contribution in [-0.4, -0.2) is 34.1 Å². The molecule has 0 heterocycles. The van der Waals surface area contributed by atoms with Crippen LogP contribution in [0.3, 0.4) is 0 Å². The van der Waals surface area contributed by atoms with E-state index < -0.39 is 11.2 Å². The van der Waals surface area contributed by atoms with Crippen molar-refractivity contribution in [3.05, 3.63) is 12.8 Å². The second kappa shape index (κ2) is 6.02. The first kappa shape index (κ1) is 15.0. The zero-order valence-corrected chi connectivity index (χ0v) is 8.74. The lowest BCUT2D eigenvalue weighted by atomic mass is 9.90. The van der Waals surface area contributed by atoms with Gasteiger partial charge in [-0.3, -0.25) is 0 Å². The smallest absolute Gasteiger partial charge is 0.503 e. The van der Waals surface area contributed by atoms with Crippen molar-refractivity contribution in [3.8, 4) is 0 Å². The van der Waals surface area contributed by atoms with Crippen LogP contribution in [0.15, 0.2) is 12.8 Å². The van der Waals surface area contributed by atoms with Crippen molar-refractivity contribution in [2.45, 2.75) is 38.9 Å². The highest BCUT2D eigenvalue weighted by molar-refractivity contribution is 6.16. The minimum absolute atomic E-state index is 0.274. The molecule has 0 rings (SSSR count). The molecule has 0 amide bonds. The summed E-state index contributed by atoms with van der Waals surface area (Å²) in [4.78, 5) is 0. The van der Waals surface area contributed by atoms with Gasteiger partial charge in [-0.05, 0) is 27.7 Å². The minimum Gasteiger partial charge on any atom is -0.545 e. The molecular formula is C8H19BO4. The van der Waals surface area contributed by atoms with Gasteiger partial charge < -0.3 is 19.9 Å². The first-order valence-corrected chi connectivity index (χ1v) is 3.95. The van der Waals surface area contributed by atoms with Gasteiger partial charge in [-0.15, -0.1) is 0 Å². The molecule has 0 unspecified atom stereocenters. The Morgan fingerprint density at radius 1 is 1.15 bits per heavy atom. The maximum Gasteiger partial charge on any atom is 0.503 e. The van der Waals surface area contributed by atoms with Gasteiger partial charge in [0.1, 0.15) is 0 Å². The van der Waals surface area contributed by atoms with Crippen molar-refractivity contribution in [2.24, 2.45) is 0 Å². The Labute approximate surface area is 80.2 Å². The summed E-state index contributed by atoms with van der Waals surface area (Å²) in [6, 6.07) is 0. The van der Waals surface area contributed by atoms with Crippen LogP contribution < -0.4 is 0 Å². The van der Waals surface area contributed by atoms with E-state index in [9.17, 15) is 0 Å². The van der Waals surface area contributed by atoms with E-state index in [1.807, 2.05) is 0 Å². The van der Waals surface area contributed by atoms with Crippen molar-refractivity contribution in [2.75, 3.05) is 0 Å². The molecule has 0 aromatic heterocycles. The van der Waals surface area contributed by atoms with Gasteiger partial charge in [-0.25, -0.2) is 0 Å². The van der Waals surface area contributed by atoms with Crippen LogP contribution in [0.2, 0.25) is 0 Å². The van der Waals surface area contributed by atoms with Crippen LogP contribution in [-0.2, 0) is 4.65 Å². The van der Waals surface area contributed by atoms with Crippen LogP contribution in [0.4, 0.5) is 0 Å². The fourth-order valence-corrected chi connectivity index (χ4v) is 0.0527. The highest BCUT2D eigenvalue weighted by Crippen LogP contribution is 2.19. The Hall–Kier alpha value is -0.515. The Morgan fingerprint density at radius 3 is 1.46 bits per heavy atom. The summed E-state index contributed by atoms with van der Waals surface area (Å²) in [5.41, 5.74) is -2.01. The van der Waals surface area contributed by atoms with Gasteiger partial charge >= 0.3 is 7.69 Å². The lowest BCUT2D eigenvalue weighted by Gasteiger charge is -2.31. The zero-order valence-electron chi connectivity index (χ0n) is 8.74. The third kappa shape index (κ3) is 9.40. The summed E-state index contributed by atoms with van der Waals surface area (Å²) in [7, 11) is -0.274. The van der Waals surface area contributed by atoms with Gasteiger partial charge in [-0.2, -0.15) is 0 Å². The molecule has 0 spiro atoms. The van der Waals surface area contributed by atoms with Gasteiger partial charge in [0.25, 0.3) is 0 Å². The minimum atomic E-state index is -1.01. The van der Waals surface area contributed by atoms with Crippen LogP contribution in [0.25, 0.3) is 0 Å². The molecule has 5 heteroatoms. The topological polar surface area (TPSA) is 69.9 Å². The third-order valence-corrected chi connectivity index (χ3v) is 1.69. The predicted molar refractivity (Wildman–Crippen MR) is 53.2 cm³/mol. The molecule has 78 valence electrons. The molecule has 0 saturated carbocycles. The van der Waals surface area contributed by atoms with Crippen molar-refractivity contribution >= 4 is 7.69 Å². The maximum atomic E-state index is 9.10. The van der Waals surface area contributed by atoms with E-state index in [1.54, 1.807) is 27.7 Å². The number of hydrogen-bond acceptors (Lipinski definition) is 4. The zero-order chi connectivity index (χ0) is 11.1. The standard InChI is InChI=1S/C6H14O2.C2H5BO2/c1-5(2,7)6(3,4)8;1-2-5-3-4/h7-8H,1-4H3;2-4H,1H2. The molecule has 4 nitrogen and oxygen atoms in total. The summed E-state index contributed by atoms with van der Waals surface area (Å²) >= 11 is 0. The first-order valence-electron chi connectivity index (χ1n) is 3.95. The summed E-state index contributed by atoms with van der Waals surface area (Å²) in [5.74, 6) is 0. The van der Waals surface area contributed by atoms with E-state index in [-0.39, 0.29) is 7.69 Å². The van der Waals surface area contributed by atoms with E-state index in [1.165, 1.54) is 6.26 Å². The van der Waals surface area contributed by atoms with Gasteiger partial charge in [-0.1, -0.05) is 6.58 Å². The van der Waals surface area contributed by atoms with Gasteiger partial charge in [0.2, 0.25) is 0 Å². The Morgan fingerprint density at radius 2 is 1.46 bits per heavy atom.